The molecule has 0 aliphatic carbocycles. The number of ether oxygens (including phenoxy) is 1. The summed E-state index contributed by atoms with van der Waals surface area (Å²) in [5.41, 5.74) is -5.65. The first-order chi connectivity index (χ1) is 15.6. The standard InChI is InChI=1S/C23H19OS.CHF3O3S/c1-24-22-16-17-23(21-15-9-8-14-20(21)22)25(18-10-4-2-5-11-18)19-12-6-3-7-13-19;2-1(3,4)8(5,6)7/h2-17H,1H3;(H,5,6,7)/q+1;/p-1. The number of alkyl halides is 3. The molecule has 4 nitrogen and oxygen atoms in total. The second-order valence-corrected chi connectivity index (χ2v) is 10.0. The highest BCUT2D eigenvalue weighted by Gasteiger charge is 2.37. The third-order valence-corrected chi connectivity index (χ3v) is 7.38. The fraction of sp³-hybridized carbons (Fsp3) is 0.0833. The van der Waals surface area contributed by atoms with Crippen molar-refractivity contribution >= 4 is 31.8 Å². The zero-order valence-electron chi connectivity index (χ0n) is 17.3. The van der Waals surface area contributed by atoms with E-state index in [1.807, 2.05) is 0 Å². The quantitative estimate of drug-likeness (QED) is 0.199. The highest BCUT2D eigenvalue weighted by molar-refractivity contribution is 7.97. The highest BCUT2D eigenvalue weighted by atomic mass is 32.2. The minimum absolute atomic E-state index is 0.155. The summed E-state index contributed by atoms with van der Waals surface area (Å²) in [5, 5.41) is 2.41. The van der Waals surface area contributed by atoms with Crippen LogP contribution in [0.4, 0.5) is 13.2 Å². The van der Waals surface area contributed by atoms with E-state index in [-0.39, 0.29) is 10.9 Å². The Morgan fingerprint density at radius 1 is 0.727 bits per heavy atom. The zero-order valence-corrected chi connectivity index (χ0v) is 19.0. The maximum atomic E-state index is 10.7. The number of methoxy groups -OCH3 is 1. The van der Waals surface area contributed by atoms with E-state index < -0.39 is 15.6 Å². The maximum Gasteiger partial charge on any atom is 0.485 e. The molecule has 33 heavy (non-hydrogen) atoms. The molecule has 0 heterocycles. The van der Waals surface area contributed by atoms with Gasteiger partial charge in [0, 0.05) is 10.8 Å². The van der Waals surface area contributed by atoms with Gasteiger partial charge in [-0.2, -0.15) is 13.2 Å². The lowest BCUT2D eigenvalue weighted by Crippen LogP contribution is -2.21. The number of benzene rings is 4. The lowest BCUT2D eigenvalue weighted by Gasteiger charge is -2.12. The molecule has 0 radical (unpaired) electrons. The Morgan fingerprint density at radius 3 is 1.58 bits per heavy atom. The predicted octanol–water partition coefficient (Wildman–Crippen LogP) is 6.00. The molecule has 0 fully saturated rings. The van der Waals surface area contributed by atoms with Gasteiger partial charge in [0.05, 0.1) is 18.0 Å². The molecule has 0 N–H and O–H groups in total. The normalized spacial score (nSPS) is 11.7. The van der Waals surface area contributed by atoms with E-state index in [9.17, 15) is 13.2 Å². The van der Waals surface area contributed by atoms with Crippen LogP contribution >= 0.6 is 0 Å². The van der Waals surface area contributed by atoms with E-state index >= 15 is 0 Å². The first-order valence-corrected chi connectivity index (χ1v) is 12.2. The molecule has 0 aliphatic heterocycles. The van der Waals surface area contributed by atoms with Crippen molar-refractivity contribution in [2.24, 2.45) is 0 Å². The van der Waals surface area contributed by atoms with Crippen LogP contribution in [0.1, 0.15) is 0 Å². The Kier molecular flexibility index (Phi) is 7.68. The second kappa shape index (κ2) is 10.3. The summed E-state index contributed by atoms with van der Waals surface area (Å²) >= 11 is 0. The molecule has 9 heteroatoms. The fourth-order valence-corrected chi connectivity index (χ4v) is 5.34. The zero-order chi connectivity index (χ0) is 24.1. The minimum Gasteiger partial charge on any atom is -0.741 e. The molecule has 0 aromatic heterocycles. The van der Waals surface area contributed by atoms with Crippen molar-refractivity contribution in [1.82, 2.24) is 0 Å². The molecule has 0 spiro atoms. The number of hydrogen-bond donors (Lipinski definition) is 0. The molecule has 0 saturated heterocycles. The highest BCUT2D eigenvalue weighted by Crippen LogP contribution is 2.38. The van der Waals surface area contributed by atoms with Crippen LogP contribution in [0.3, 0.4) is 0 Å². The Morgan fingerprint density at radius 2 is 1.15 bits per heavy atom. The molecule has 0 unspecified atom stereocenters. The van der Waals surface area contributed by atoms with Crippen LogP contribution in [0, 0.1) is 0 Å². The molecule has 0 amide bonds. The van der Waals surface area contributed by atoms with E-state index in [1.165, 1.54) is 20.1 Å². The molecule has 0 atom stereocenters. The summed E-state index contributed by atoms with van der Waals surface area (Å²) in [7, 11) is -4.51. The Bertz CT molecular complexity index is 1270. The smallest absolute Gasteiger partial charge is 0.485 e. The van der Waals surface area contributed by atoms with Gasteiger partial charge < -0.3 is 9.29 Å². The van der Waals surface area contributed by atoms with Crippen LogP contribution in [0.15, 0.2) is 112 Å². The van der Waals surface area contributed by atoms with E-state index in [1.54, 1.807) is 7.11 Å². The monoisotopic (exact) mass is 492 g/mol. The molecular formula is C24H19F3O4S2. The van der Waals surface area contributed by atoms with Gasteiger partial charge in [0.15, 0.2) is 24.8 Å². The topological polar surface area (TPSA) is 66.4 Å². The molecule has 4 aromatic carbocycles. The molecule has 0 aliphatic rings. The van der Waals surface area contributed by atoms with Crippen molar-refractivity contribution in [2.45, 2.75) is 20.2 Å². The number of halogens is 3. The van der Waals surface area contributed by atoms with E-state index in [4.69, 9.17) is 17.7 Å². The van der Waals surface area contributed by atoms with Crippen molar-refractivity contribution in [1.29, 1.82) is 0 Å². The molecule has 0 bridgehead atoms. The van der Waals surface area contributed by atoms with Crippen LogP contribution in [0.5, 0.6) is 5.75 Å². The molecule has 4 aromatic rings. The average molecular weight is 493 g/mol. The summed E-state index contributed by atoms with van der Waals surface area (Å²) in [5.74, 6) is 0.920. The third-order valence-electron chi connectivity index (χ3n) is 4.53. The summed E-state index contributed by atoms with van der Waals surface area (Å²) in [6.07, 6.45) is 0. The lowest BCUT2D eigenvalue weighted by molar-refractivity contribution is -0.0517. The average Bonchev–Trinajstić information content (AvgIpc) is 2.80. The van der Waals surface area contributed by atoms with Gasteiger partial charge in [-0.25, -0.2) is 8.42 Å². The van der Waals surface area contributed by atoms with Crippen LogP contribution < -0.4 is 4.74 Å². The van der Waals surface area contributed by atoms with E-state index in [0.29, 0.717) is 0 Å². The lowest BCUT2D eigenvalue weighted by atomic mass is 10.1. The predicted molar refractivity (Wildman–Crippen MR) is 121 cm³/mol. The van der Waals surface area contributed by atoms with Crippen molar-refractivity contribution in [3.8, 4) is 5.75 Å². The maximum absolute atomic E-state index is 10.7. The first-order valence-electron chi connectivity index (χ1n) is 9.56. The van der Waals surface area contributed by atoms with E-state index in [0.717, 1.165) is 11.1 Å². The Labute approximate surface area is 192 Å². The van der Waals surface area contributed by atoms with Gasteiger partial charge in [0.2, 0.25) is 0 Å². The Hall–Kier alpha value is -3.01. The van der Waals surface area contributed by atoms with Gasteiger partial charge in [0.1, 0.15) is 5.75 Å². The van der Waals surface area contributed by atoms with Crippen LogP contribution in [-0.4, -0.2) is 25.6 Å². The van der Waals surface area contributed by atoms with Crippen molar-refractivity contribution in [3.05, 3.63) is 97.1 Å². The number of hydrogen-bond acceptors (Lipinski definition) is 4. The van der Waals surface area contributed by atoms with Gasteiger partial charge in [-0.15, -0.1) is 0 Å². The fourth-order valence-electron chi connectivity index (χ4n) is 3.10. The largest absolute Gasteiger partial charge is 0.741 e. The first kappa shape index (κ1) is 24.6. The molecule has 0 saturated carbocycles. The van der Waals surface area contributed by atoms with Gasteiger partial charge in [-0.05, 0) is 42.5 Å². The summed E-state index contributed by atoms with van der Waals surface area (Å²) in [6.45, 7) is 0. The second-order valence-electron chi connectivity index (χ2n) is 6.64. The van der Waals surface area contributed by atoms with Crippen LogP contribution in [0.2, 0.25) is 0 Å². The third kappa shape index (κ3) is 5.87. The van der Waals surface area contributed by atoms with Crippen LogP contribution in [0.25, 0.3) is 10.8 Å². The van der Waals surface area contributed by atoms with Gasteiger partial charge in [0.25, 0.3) is 0 Å². The van der Waals surface area contributed by atoms with E-state index in [2.05, 4.69) is 97.1 Å². The van der Waals surface area contributed by atoms with Gasteiger partial charge in [-0.1, -0.05) is 54.6 Å². The van der Waals surface area contributed by atoms with Gasteiger partial charge >= 0.3 is 5.51 Å². The summed E-state index contributed by atoms with van der Waals surface area (Å²) in [4.78, 5) is 3.97. The summed E-state index contributed by atoms with van der Waals surface area (Å²) in [6, 6.07) is 34.3. The Balaban J connectivity index is 0.000000331. The van der Waals surface area contributed by atoms with Crippen molar-refractivity contribution in [2.75, 3.05) is 7.11 Å². The SMILES string of the molecule is COc1ccc([S+](c2ccccc2)c2ccccc2)c2ccccc12.O=S(=O)([O-])C(F)(F)F. The molecule has 172 valence electrons. The molecule has 4 rings (SSSR count). The van der Waals surface area contributed by atoms with Crippen molar-refractivity contribution < 1.29 is 30.9 Å². The number of fused-ring (bicyclic) bond motifs is 1. The van der Waals surface area contributed by atoms with Gasteiger partial charge in [-0.3, -0.25) is 0 Å². The molecular weight excluding hydrogens is 473 g/mol. The minimum atomic E-state index is -6.09. The van der Waals surface area contributed by atoms with Crippen molar-refractivity contribution in [3.63, 3.8) is 0 Å². The number of rotatable bonds is 4. The van der Waals surface area contributed by atoms with Crippen LogP contribution in [-0.2, 0) is 21.0 Å². The summed E-state index contributed by atoms with van der Waals surface area (Å²) < 4.78 is 64.5.